The van der Waals surface area contributed by atoms with Gasteiger partial charge in [-0.3, -0.25) is 25.0 Å². The van der Waals surface area contributed by atoms with Crippen molar-refractivity contribution in [2.75, 3.05) is 0 Å². The smallest absolute Gasteiger partial charge is 0.269 e. The second-order valence-electron chi connectivity index (χ2n) is 6.26. The number of furan rings is 2. The van der Waals surface area contributed by atoms with Gasteiger partial charge in [-0.2, -0.15) is 0 Å². The number of nitrogens with zero attached hydrogens (tertiary/aromatic N) is 2. The number of nitro benzene ring substituents is 2. The summed E-state index contributed by atoms with van der Waals surface area (Å²) in [5.74, 6) is -0.490. The zero-order valence-electron chi connectivity index (χ0n) is 15.2. The average molecular weight is 404 g/mol. The highest BCUT2D eigenvalue weighted by molar-refractivity contribution is 6.12. The zero-order valence-corrected chi connectivity index (χ0v) is 15.2. The number of carbonyl (C=O) groups excluding carboxylic acids is 1. The lowest BCUT2D eigenvalue weighted by molar-refractivity contribution is -0.385. The van der Waals surface area contributed by atoms with Crippen LogP contribution in [0.1, 0.15) is 16.3 Å². The van der Waals surface area contributed by atoms with Crippen LogP contribution in [0.3, 0.4) is 0 Å². The van der Waals surface area contributed by atoms with Crippen molar-refractivity contribution in [2.45, 2.75) is 0 Å². The fraction of sp³-hybridized carbons (Fsp3) is 0. The van der Waals surface area contributed by atoms with E-state index in [1.54, 1.807) is 12.1 Å². The normalized spacial score (nSPS) is 10.7. The lowest BCUT2D eigenvalue weighted by Gasteiger charge is -2.04. The van der Waals surface area contributed by atoms with Gasteiger partial charge in [0, 0.05) is 35.4 Å². The summed E-state index contributed by atoms with van der Waals surface area (Å²) >= 11 is 0. The molecule has 4 aromatic rings. The first-order valence-corrected chi connectivity index (χ1v) is 8.65. The van der Waals surface area contributed by atoms with Crippen LogP contribution in [0, 0.1) is 20.2 Å². The second kappa shape index (κ2) is 7.47. The van der Waals surface area contributed by atoms with Crippen molar-refractivity contribution in [2.24, 2.45) is 0 Å². The van der Waals surface area contributed by atoms with Crippen LogP contribution in [0.4, 0.5) is 11.4 Å². The van der Waals surface area contributed by atoms with Gasteiger partial charge in [-0.05, 0) is 47.5 Å². The first kappa shape index (κ1) is 18.8. The third-order valence-corrected chi connectivity index (χ3v) is 4.52. The molecule has 2 aromatic carbocycles. The number of benzene rings is 2. The van der Waals surface area contributed by atoms with E-state index < -0.39 is 15.6 Å². The summed E-state index contributed by atoms with van der Waals surface area (Å²) in [7, 11) is 0. The Bertz CT molecular complexity index is 1150. The van der Waals surface area contributed by atoms with Crippen molar-refractivity contribution in [3.63, 3.8) is 0 Å². The Hall–Kier alpha value is -4.53. The molecule has 0 aliphatic heterocycles. The SMILES string of the molecule is O=C(c1occc1-c1ccc([N+](=O)[O-])cc1)c1occc1-c1ccc([N+](=O)[O-])cc1. The summed E-state index contributed by atoms with van der Waals surface area (Å²) in [6.07, 6.45) is 2.69. The van der Waals surface area contributed by atoms with Gasteiger partial charge in [-0.1, -0.05) is 0 Å². The Labute approximate surface area is 168 Å². The fourth-order valence-corrected chi connectivity index (χ4v) is 3.05. The predicted octanol–water partition coefficient (Wildman–Crippen LogP) is 5.25. The maximum atomic E-state index is 13.1. The van der Waals surface area contributed by atoms with E-state index in [-0.39, 0.29) is 22.9 Å². The summed E-state index contributed by atoms with van der Waals surface area (Å²) < 4.78 is 10.8. The molecule has 148 valence electrons. The van der Waals surface area contributed by atoms with Crippen molar-refractivity contribution in [1.29, 1.82) is 0 Å². The summed E-state index contributed by atoms with van der Waals surface area (Å²) in [4.78, 5) is 33.8. The Morgan fingerprint density at radius 3 is 1.33 bits per heavy atom. The Morgan fingerprint density at radius 2 is 1.00 bits per heavy atom. The molecule has 4 rings (SSSR count). The molecule has 9 nitrogen and oxygen atoms in total. The van der Waals surface area contributed by atoms with Crippen molar-refractivity contribution in [3.05, 3.63) is 105 Å². The highest BCUT2D eigenvalue weighted by Gasteiger charge is 2.25. The van der Waals surface area contributed by atoms with Gasteiger partial charge < -0.3 is 8.83 Å². The highest BCUT2D eigenvalue weighted by atomic mass is 16.6. The van der Waals surface area contributed by atoms with Crippen molar-refractivity contribution in [1.82, 2.24) is 0 Å². The van der Waals surface area contributed by atoms with Crippen molar-refractivity contribution < 1.29 is 23.5 Å². The van der Waals surface area contributed by atoms with E-state index in [4.69, 9.17) is 8.83 Å². The minimum absolute atomic E-state index is 0.0157. The minimum Gasteiger partial charge on any atom is -0.460 e. The largest absolute Gasteiger partial charge is 0.460 e. The molecule has 0 unspecified atom stereocenters. The molecule has 30 heavy (non-hydrogen) atoms. The molecule has 2 heterocycles. The van der Waals surface area contributed by atoms with Gasteiger partial charge in [0.25, 0.3) is 17.2 Å². The van der Waals surface area contributed by atoms with Gasteiger partial charge >= 0.3 is 0 Å². The highest BCUT2D eigenvalue weighted by Crippen LogP contribution is 2.32. The molecule has 0 saturated heterocycles. The molecular formula is C21H12N2O7. The van der Waals surface area contributed by atoms with Crippen LogP contribution in [0.2, 0.25) is 0 Å². The third kappa shape index (κ3) is 3.35. The Balaban J connectivity index is 1.69. The van der Waals surface area contributed by atoms with Gasteiger partial charge in [-0.25, -0.2) is 0 Å². The molecule has 9 heteroatoms. The zero-order chi connectivity index (χ0) is 21.3. The van der Waals surface area contributed by atoms with Crippen LogP contribution in [-0.4, -0.2) is 15.6 Å². The average Bonchev–Trinajstić information content (AvgIpc) is 3.43. The number of nitro groups is 2. The van der Waals surface area contributed by atoms with Crippen molar-refractivity contribution in [3.8, 4) is 22.3 Å². The quantitative estimate of drug-likeness (QED) is 0.243. The maximum absolute atomic E-state index is 13.1. The first-order valence-electron chi connectivity index (χ1n) is 8.65. The number of carbonyl (C=O) groups is 1. The van der Waals surface area contributed by atoms with Crippen LogP contribution in [-0.2, 0) is 0 Å². The summed E-state index contributed by atoms with van der Waals surface area (Å²) in [6, 6.07) is 14.6. The van der Waals surface area contributed by atoms with Crippen LogP contribution in [0.15, 0.2) is 82.0 Å². The molecule has 0 radical (unpaired) electrons. The van der Waals surface area contributed by atoms with E-state index in [2.05, 4.69) is 0 Å². The van der Waals surface area contributed by atoms with Gasteiger partial charge in [0.05, 0.1) is 22.4 Å². The third-order valence-electron chi connectivity index (χ3n) is 4.52. The number of ketones is 1. The number of rotatable bonds is 6. The molecule has 0 bridgehead atoms. The maximum Gasteiger partial charge on any atom is 0.269 e. The van der Waals surface area contributed by atoms with Gasteiger partial charge in [0.15, 0.2) is 11.5 Å². The summed E-state index contributed by atoms with van der Waals surface area (Å²) in [6.45, 7) is 0. The second-order valence-corrected chi connectivity index (χ2v) is 6.26. The van der Waals surface area contributed by atoms with Gasteiger partial charge in [0.1, 0.15) is 0 Å². The van der Waals surface area contributed by atoms with Crippen LogP contribution >= 0.6 is 0 Å². The number of hydrogen-bond donors (Lipinski definition) is 0. The molecule has 0 aliphatic rings. The summed E-state index contributed by atoms with van der Waals surface area (Å²) in [5, 5.41) is 21.7. The Morgan fingerprint density at radius 1 is 0.633 bits per heavy atom. The van der Waals surface area contributed by atoms with Crippen molar-refractivity contribution >= 4 is 17.2 Å². The molecular weight excluding hydrogens is 392 g/mol. The molecule has 0 spiro atoms. The molecule has 0 saturated carbocycles. The van der Waals surface area contributed by atoms with E-state index >= 15 is 0 Å². The van der Waals surface area contributed by atoms with Crippen LogP contribution < -0.4 is 0 Å². The molecule has 0 atom stereocenters. The topological polar surface area (TPSA) is 130 Å². The number of non-ortho nitro benzene ring substituents is 2. The Kier molecular flexibility index (Phi) is 4.69. The van der Waals surface area contributed by atoms with Crippen LogP contribution in [0.25, 0.3) is 22.3 Å². The molecule has 0 aliphatic carbocycles. The fourth-order valence-electron chi connectivity index (χ4n) is 3.05. The first-order chi connectivity index (χ1) is 14.5. The monoisotopic (exact) mass is 404 g/mol. The molecule has 0 N–H and O–H groups in total. The lowest BCUT2D eigenvalue weighted by Crippen LogP contribution is -2.02. The van der Waals surface area contributed by atoms with Gasteiger partial charge in [-0.15, -0.1) is 0 Å². The predicted molar refractivity (Wildman–Crippen MR) is 105 cm³/mol. The lowest BCUT2D eigenvalue weighted by atomic mass is 9.99. The summed E-state index contributed by atoms with van der Waals surface area (Å²) in [5.41, 5.74) is 1.92. The van der Waals surface area contributed by atoms with E-state index in [9.17, 15) is 25.0 Å². The van der Waals surface area contributed by atoms with E-state index in [1.165, 1.54) is 61.1 Å². The number of hydrogen-bond acceptors (Lipinski definition) is 7. The van der Waals surface area contributed by atoms with Gasteiger partial charge in [0.2, 0.25) is 0 Å². The standard InChI is InChI=1S/C21H12N2O7/c24-19(20-17(9-11-29-20)13-1-5-15(6-2-13)22(25)26)21-18(10-12-30-21)14-3-7-16(8-4-14)23(27)28/h1-12H. The van der Waals surface area contributed by atoms with E-state index in [0.717, 1.165) is 0 Å². The molecule has 0 amide bonds. The van der Waals surface area contributed by atoms with E-state index in [1.807, 2.05) is 0 Å². The van der Waals surface area contributed by atoms with E-state index in [0.29, 0.717) is 22.3 Å². The van der Waals surface area contributed by atoms with Crippen LogP contribution in [0.5, 0.6) is 0 Å². The molecule has 0 fully saturated rings. The molecule has 2 aromatic heterocycles. The minimum atomic E-state index is -0.522.